The van der Waals surface area contributed by atoms with Gasteiger partial charge in [0.15, 0.2) is 9.84 Å². The van der Waals surface area contributed by atoms with Crippen molar-refractivity contribution in [2.75, 3.05) is 0 Å². The molecule has 1 fully saturated rings. The summed E-state index contributed by atoms with van der Waals surface area (Å²) in [4.78, 5) is -0.242. The summed E-state index contributed by atoms with van der Waals surface area (Å²) in [5.74, 6) is -2.01. The minimum absolute atomic E-state index is 0.242. The molecule has 3 rings (SSSR count). The molecule has 1 N–H and O–H groups in total. The van der Waals surface area contributed by atoms with Gasteiger partial charge in [-0.05, 0) is 50.1 Å². The third-order valence-electron chi connectivity index (χ3n) is 5.04. The number of aryl methyl sites for hydroxylation is 1. The van der Waals surface area contributed by atoms with E-state index in [4.69, 9.17) is 0 Å². The molecule has 0 amide bonds. The smallest absolute Gasteiger partial charge is 0.223 e. The Labute approximate surface area is 169 Å². The van der Waals surface area contributed by atoms with E-state index in [0.717, 1.165) is 11.6 Å². The number of sulfonamides is 1. The molecule has 0 saturated heterocycles. The lowest BCUT2D eigenvalue weighted by Crippen LogP contribution is -2.58. The van der Waals surface area contributed by atoms with Gasteiger partial charge in [-0.15, -0.1) is 0 Å². The molecule has 1 saturated carbocycles. The number of alkyl halides is 3. The topological polar surface area (TPSA) is 80.3 Å². The molecular weight excluding hydrogens is 453 g/mol. The average molecular weight is 469 g/mol. The summed E-state index contributed by atoms with van der Waals surface area (Å²) in [7, 11) is -10.2. The molecule has 1 aliphatic rings. The molecule has 2 aromatic rings. The fourth-order valence-electron chi connectivity index (χ4n) is 3.48. The number of halogens is 5. The van der Waals surface area contributed by atoms with Gasteiger partial charge in [-0.1, -0.05) is 17.7 Å². The second kappa shape index (κ2) is 7.27. The van der Waals surface area contributed by atoms with E-state index in [9.17, 15) is 38.8 Å². The highest BCUT2D eigenvalue weighted by Crippen LogP contribution is 2.52. The summed E-state index contributed by atoms with van der Waals surface area (Å²) in [5.41, 5.74) is -5.43. The SMILES string of the molecule is Cc1ccc(S(=O)(=O)C2(c3cc(F)ccc3F)CC(NS(=O)(=O)C(F)(F)F)C2)cc1. The molecule has 0 radical (unpaired) electrons. The average Bonchev–Trinajstić information content (AvgIpc) is 2.59. The molecule has 0 atom stereocenters. The maximum atomic E-state index is 14.5. The summed E-state index contributed by atoms with van der Waals surface area (Å²) in [6, 6.07) is 6.16. The zero-order chi connectivity index (χ0) is 22.5. The molecule has 2 aromatic carbocycles. The Bertz CT molecular complexity index is 1170. The zero-order valence-electron chi connectivity index (χ0n) is 15.4. The van der Waals surface area contributed by atoms with Gasteiger partial charge in [0.05, 0.1) is 4.90 Å². The molecule has 0 heterocycles. The normalized spacial score (nSPS) is 22.5. The predicted octanol–water partition coefficient (Wildman–Crippen LogP) is 3.54. The van der Waals surface area contributed by atoms with Crippen molar-refractivity contribution in [2.45, 2.75) is 41.0 Å². The first-order chi connectivity index (χ1) is 13.7. The first kappa shape index (κ1) is 22.6. The Kier molecular flexibility index (Phi) is 5.49. The number of hydrogen-bond donors (Lipinski definition) is 1. The summed E-state index contributed by atoms with van der Waals surface area (Å²) in [5, 5.41) is 0. The Balaban J connectivity index is 2.07. The highest BCUT2D eigenvalue weighted by molar-refractivity contribution is 7.92. The number of sulfone groups is 1. The summed E-state index contributed by atoms with van der Waals surface area (Å²) >= 11 is 0. The molecular formula is C18H16F5NO4S2. The summed E-state index contributed by atoms with van der Waals surface area (Å²) in [6.45, 7) is 1.70. The lowest BCUT2D eigenvalue weighted by molar-refractivity contribution is -0.0455. The molecule has 0 unspecified atom stereocenters. The lowest BCUT2D eigenvalue weighted by atomic mass is 9.75. The summed E-state index contributed by atoms with van der Waals surface area (Å²) in [6.07, 6.45) is -1.39. The van der Waals surface area contributed by atoms with Crippen LogP contribution in [0.5, 0.6) is 0 Å². The van der Waals surface area contributed by atoms with Crippen molar-refractivity contribution in [1.82, 2.24) is 4.72 Å². The van der Waals surface area contributed by atoms with E-state index in [0.29, 0.717) is 12.1 Å². The maximum Gasteiger partial charge on any atom is 0.511 e. The van der Waals surface area contributed by atoms with Crippen LogP contribution in [0.3, 0.4) is 0 Å². The van der Waals surface area contributed by atoms with Gasteiger partial charge < -0.3 is 0 Å². The molecule has 30 heavy (non-hydrogen) atoms. The monoisotopic (exact) mass is 469 g/mol. The molecule has 1 aliphatic carbocycles. The van der Waals surface area contributed by atoms with Crippen molar-refractivity contribution < 1.29 is 38.8 Å². The molecule has 164 valence electrons. The highest BCUT2D eigenvalue weighted by atomic mass is 32.2. The third-order valence-corrected chi connectivity index (χ3v) is 8.77. The van der Waals surface area contributed by atoms with Crippen LogP contribution in [0.2, 0.25) is 0 Å². The van der Waals surface area contributed by atoms with Crippen LogP contribution in [0.4, 0.5) is 22.0 Å². The van der Waals surface area contributed by atoms with Gasteiger partial charge in [-0.25, -0.2) is 30.3 Å². The van der Waals surface area contributed by atoms with Gasteiger partial charge in [0, 0.05) is 11.6 Å². The molecule has 0 bridgehead atoms. The van der Waals surface area contributed by atoms with Crippen LogP contribution in [-0.4, -0.2) is 28.4 Å². The van der Waals surface area contributed by atoms with Crippen LogP contribution in [0.15, 0.2) is 47.4 Å². The molecule has 12 heteroatoms. The van der Waals surface area contributed by atoms with E-state index in [2.05, 4.69) is 0 Å². The van der Waals surface area contributed by atoms with Crippen molar-refractivity contribution in [2.24, 2.45) is 0 Å². The Hall–Kier alpha value is -2.05. The number of rotatable bonds is 5. The van der Waals surface area contributed by atoms with Crippen LogP contribution in [0.1, 0.15) is 24.0 Å². The van der Waals surface area contributed by atoms with Gasteiger partial charge in [0.1, 0.15) is 16.4 Å². The fraction of sp³-hybridized carbons (Fsp3) is 0.333. The number of hydrogen-bond acceptors (Lipinski definition) is 4. The fourth-order valence-corrected chi connectivity index (χ4v) is 6.45. The zero-order valence-corrected chi connectivity index (χ0v) is 17.0. The van der Waals surface area contributed by atoms with E-state index in [1.807, 2.05) is 0 Å². The lowest BCUT2D eigenvalue weighted by Gasteiger charge is -2.47. The third kappa shape index (κ3) is 3.71. The molecule has 0 aromatic heterocycles. The van der Waals surface area contributed by atoms with Crippen molar-refractivity contribution >= 4 is 19.9 Å². The van der Waals surface area contributed by atoms with Gasteiger partial charge in [-0.2, -0.15) is 13.2 Å². The molecule has 0 aliphatic heterocycles. The van der Waals surface area contributed by atoms with Crippen LogP contribution in [0.25, 0.3) is 0 Å². The first-order valence-electron chi connectivity index (χ1n) is 8.55. The standard InChI is InChI=1S/C18H16F5NO4S2/c1-11-2-5-14(6-3-11)29(25,26)17(15-8-12(19)4-7-16(15)20)9-13(10-17)24-30(27,28)18(21,22)23/h2-8,13,24H,9-10H2,1H3. The first-order valence-corrected chi connectivity index (χ1v) is 11.5. The summed E-state index contributed by atoms with van der Waals surface area (Å²) < 4.78 is 115. The number of benzene rings is 2. The van der Waals surface area contributed by atoms with Crippen molar-refractivity contribution in [1.29, 1.82) is 0 Å². The van der Waals surface area contributed by atoms with E-state index >= 15 is 0 Å². The second-order valence-corrected chi connectivity index (χ2v) is 11.1. The van der Waals surface area contributed by atoms with Crippen LogP contribution >= 0.6 is 0 Å². The van der Waals surface area contributed by atoms with E-state index in [-0.39, 0.29) is 4.90 Å². The second-order valence-electron chi connectivity index (χ2n) is 7.11. The van der Waals surface area contributed by atoms with Crippen molar-refractivity contribution in [3.05, 3.63) is 65.2 Å². The van der Waals surface area contributed by atoms with Gasteiger partial charge >= 0.3 is 15.5 Å². The minimum atomic E-state index is -5.74. The minimum Gasteiger partial charge on any atom is -0.223 e. The van der Waals surface area contributed by atoms with Gasteiger partial charge in [0.2, 0.25) is 0 Å². The van der Waals surface area contributed by atoms with Crippen LogP contribution in [-0.2, 0) is 24.6 Å². The quantitative estimate of drug-likeness (QED) is 0.680. The Morgan fingerprint density at radius 2 is 1.53 bits per heavy atom. The van der Waals surface area contributed by atoms with Crippen LogP contribution in [0, 0.1) is 18.6 Å². The molecule has 0 spiro atoms. The maximum absolute atomic E-state index is 14.5. The van der Waals surface area contributed by atoms with Gasteiger partial charge in [-0.3, -0.25) is 0 Å². The highest BCUT2D eigenvalue weighted by Gasteiger charge is 2.59. The Morgan fingerprint density at radius 1 is 0.967 bits per heavy atom. The van der Waals surface area contributed by atoms with Crippen molar-refractivity contribution in [3.8, 4) is 0 Å². The van der Waals surface area contributed by atoms with Gasteiger partial charge in [0.25, 0.3) is 0 Å². The van der Waals surface area contributed by atoms with E-state index in [1.165, 1.54) is 29.0 Å². The van der Waals surface area contributed by atoms with E-state index < -0.39 is 66.2 Å². The predicted molar refractivity (Wildman–Crippen MR) is 97.5 cm³/mol. The van der Waals surface area contributed by atoms with E-state index in [1.54, 1.807) is 6.92 Å². The largest absolute Gasteiger partial charge is 0.511 e. The van der Waals surface area contributed by atoms with Crippen LogP contribution < -0.4 is 4.72 Å². The van der Waals surface area contributed by atoms with Crippen molar-refractivity contribution in [3.63, 3.8) is 0 Å². The number of nitrogens with one attached hydrogen (secondary N) is 1. The Morgan fingerprint density at radius 3 is 2.07 bits per heavy atom. The molecule has 5 nitrogen and oxygen atoms in total.